The molecule has 1 aromatic carbocycles. The Labute approximate surface area is 227 Å². The number of hydrogen-bond acceptors (Lipinski definition) is 5. The largest absolute Gasteiger partial charge is 0.497 e. The molecular weight excluding hydrogens is 480 g/mol. The Kier molecular flexibility index (Phi) is 9.89. The Hall–Kier alpha value is -3.42. The maximum absolute atomic E-state index is 13.7. The number of rotatable bonds is 8. The van der Waals surface area contributed by atoms with Crippen LogP contribution in [-0.4, -0.2) is 66.0 Å². The van der Waals surface area contributed by atoms with E-state index in [1.807, 2.05) is 72.9 Å². The molecule has 0 spiro atoms. The van der Waals surface area contributed by atoms with Gasteiger partial charge in [0.05, 0.1) is 26.3 Å². The highest BCUT2D eigenvalue weighted by molar-refractivity contribution is 5.93. The minimum absolute atomic E-state index is 0.00273. The molecule has 3 aliphatic heterocycles. The third-order valence-electron chi connectivity index (χ3n) is 7.59. The number of dihydropyridines is 1. The van der Waals surface area contributed by atoms with Gasteiger partial charge in [0.1, 0.15) is 17.2 Å². The monoisotopic (exact) mass is 524 g/mol. The second-order valence-electron chi connectivity index (χ2n) is 9.52. The molecule has 4 rings (SSSR count). The number of ether oxygens (including phenoxy) is 2. The van der Waals surface area contributed by atoms with E-state index in [0.29, 0.717) is 38.3 Å². The number of likely N-dealkylation sites (N-methyl/N-ethyl adjacent to an activating group) is 2. The molecule has 1 fully saturated rings. The SMILES string of the molecule is CC.CCN(CCC1(C)/C2=C/CCc3c(cc(OC)cc3OC)CN2C(=O)N1CC)C(=O)C1=CCC=CN1. The quantitative estimate of drug-likeness (QED) is 0.506. The van der Waals surface area contributed by atoms with Crippen LogP contribution in [0.3, 0.4) is 0 Å². The maximum Gasteiger partial charge on any atom is 0.325 e. The molecule has 1 saturated heterocycles. The average molecular weight is 525 g/mol. The smallest absolute Gasteiger partial charge is 0.325 e. The van der Waals surface area contributed by atoms with Crippen molar-refractivity contribution in [3.05, 3.63) is 59.1 Å². The van der Waals surface area contributed by atoms with Crippen molar-refractivity contribution in [1.29, 1.82) is 0 Å². The summed E-state index contributed by atoms with van der Waals surface area (Å²) in [6, 6.07) is 3.91. The number of nitrogens with zero attached hydrogens (tertiary/aromatic N) is 3. The maximum atomic E-state index is 13.7. The number of amides is 3. The lowest BCUT2D eigenvalue weighted by Crippen LogP contribution is -2.47. The molecule has 0 aliphatic carbocycles. The summed E-state index contributed by atoms with van der Waals surface area (Å²) in [5, 5.41) is 3.07. The van der Waals surface area contributed by atoms with Gasteiger partial charge in [-0.2, -0.15) is 0 Å². The second kappa shape index (κ2) is 12.9. The summed E-state index contributed by atoms with van der Waals surface area (Å²) in [6.45, 7) is 12.4. The number of methoxy groups -OCH3 is 2. The van der Waals surface area contributed by atoms with Gasteiger partial charge in [-0.05, 0) is 69.8 Å². The predicted molar refractivity (Wildman–Crippen MR) is 151 cm³/mol. The first-order chi connectivity index (χ1) is 18.4. The number of carbonyl (C=O) groups excluding carboxylic acids is 2. The van der Waals surface area contributed by atoms with E-state index in [0.717, 1.165) is 47.6 Å². The first-order valence-electron chi connectivity index (χ1n) is 13.8. The number of carbonyl (C=O) groups is 2. The van der Waals surface area contributed by atoms with Gasteiger partial charge in [-0.1, -0.05) is 32.1 Å². The average Bonchev–Trinajstić information content (AvgIpc) is 3.13. The van der Waals surface area contributed by atoms with Gasteiger partial charge in [-0.15, -0.1) is 0 Å². The van der Waals surface area contributed by atoms with Gasteiger partial charge in [0, 0.05) is 31.4 Å². The zero-order valence-corrected chi connectivity index (χ0v) is 24.1. The van der Waals surface area contributed by atoms with Crippen molar-refractivity contribution in [3.63, 3.8) is 0 Å². The molecule has 8 nitrogen and oxygen atoms in total. The van der Waals surface area contributed by atoms with Crippen molar-refractivity contribution in [1.82, 2.24) is 20.0 Å². The Morgan fingerprint density at radius 2 is 1.92 bits per heavy atom. The normalized spacial score (nSPS) is 21.4. The van der Waals surface area contributed by atoms with Crippen LogP contribution in [0.4, 0.5) is 4.79 Å². The van der Waals surface area contributed by atoms with Crippen LogP contribution in [0, 0.1) is 0 Å². The number of benzene rings is 1. The number of nitrogens with one attached hydrogen (secondary N) is 1. The summed E-state index contributed by atoms with van der Waals surface area (Å²) < 4.78 is 11.2. The Balaban J connectivity index is 0.00000195. The summed E-state index contributed by atoms with van der Waals surface area (Å²) >= 11 is 0. The summed E-state index contributed by atoms with van der Waals surface area (Å²) in [4.78, 5) is 32.5. The molecule has 0 aromatic heterocycles. The minimum Gasteiger partial charge on any atom is -0.497 e. The van der Waals surface area contributed by atoms with Crippen LogP contribution >= 0.6 is 0 Å². The summed E-state index contributed by atoms with van der Waals surface area (Å²) in [6.07, 6.45) is 10.9. The molecule has 3 aliphatic rings. The Morgan fingerprint density at radius 1 is 1.16 bits per heavy atom. The summed E-state index contributed by atoms with van der Waals surface area (Å²) in [5.41, 5.74) is 3.28. The molecule has 38 heavy (non-hydrogen) atoms. The van der Waals surface area contributed by atoms with Crippen molar-refractivity contribution in [2.75, 3.05) is 33.9 Å². The lowest BCUT2D eigenvalue weighted by Gasteiger charge is -2.36. The second-order valence-corrected chi connectivity index (χ2v) is 9.52. The van der Waals surface area contributed by atoms with Gasteiger partial charge in [0.15, 0.2) is 0 Å². The van der Waals surface area contributed by atoms with Crippen LogP contribution in [0.5, 0.6) is 11.5 Å². The van der Waals surface area contributed by atoms with Gasteiger partial charge < -0.3 is 24.6 Å². The molecule has 1 aromatic rings. The van der Waals surface area contributed by atoms with E-state index >= 15 is 0 Å². The lowest BCUT2D eigenvalue weighted by atomic mass is 9.89. The van der Waals surface area contributed by atoms with Crippen LogP contribution in [0.25, 0.3) is 0 Å². The number of fused-ring (bicyclic) bond motifs is 2. The van der Waals surface area contributed by atoms with E-state index in [1.54, 1.807) is 14.2 Å². The molecule has 3 amide bonds. The molecule has 0 radical (unpaired) electrons. The molecule has 1 atom stereocenters. The van der Waals surface area contributed by atoms with Gasteiger partial charge >= 0.3 is 6.03 Å². The zero-order valence-electron chi connectivity index (χ0n) is 24.1. The topological polar surface area (TPSA) is 74.4 Å². The lowest BCUT2D eigenvalue weighted by molar-refractivity contribution is -0.127. The first kappa shape index (κ1) is 29.1. The number of hydrogen-bond donors (Lipinski definition) is 1. The van der Waals surface area contributed by atoms with Crippen LogP contribution in [0.15, 0.2) is 48.0 Å². The number of allylic oxidation sites excluding steroid dienone is 3. The molecule has 3 heterocycles. The summed E-state index contributed by atoms with van der Waals surface area (Å²) in [5.74, 6) is 1.51. The zero-order chi connectivity index (χ0) is 27.9. The van der Waals surface area contributed by atoms with Gasteiger partial charge in [0.2, 0.25) is 0 Å². The Bertz CT molecular complexity index is 1110. The molecule has 1 N–H and O–H groups in total. The van der Waals surface area contributed by atoms with Crippen molar-refractivity contribution < 1.29 is 19.1 Å². The number of urea groups is 1. The first-order valence-corrected chi connectivity index (χ1v) is 13.8. The molecule has 1 unspecified atom stereocenters. The standard InChI is InChI=1S/C28H38N4O4.C2H6/c1-6-30(26(33)23-12-8-9-15-29-23)16-14-28(3)25-13-10-11-22-20(17-21(35-4)18-24(22)36-5)19-31(25)27(34)32(28)7-2;1-2/h9,12-13,15,17-18,29H,6-8,10-11,14,16,19H2,1-5H3;1-2H3/b25-13-;. The highest BCUT2D eigenvalue weighted by Crippen LogP contribution is 2.42. The highest BCUT2D eigenvalue weighted by Gasteiger charge is 2.50. The van der Waals surface area contributed by atoms with E-state index in [1.165, 1.54) is 0 Å². The van der Waals surface area contributed by atoms with Crippen molar-refractivity contribution >= 4 is 11.9 Å². The van der Waals surface area contributed by atoms with E-state index < -0.39 is 5.54 Å². The molecule has 0 bridgehead atoms. The highest BCUT2D eigenvalue weighted by atomic mass is 16.5. The van der Waals surface area contributed by atoms with Crippen LogP contribution in [0.1, 0.15) is 65.0 Å². The molecule has 0 saturated carbocycles. The summed E-state index contributed by atoms with van der Waals surface area (Å²) in [7, 11) is 3.31. The van der Waals surface area contributed by atoms with E-state index in [9.17, 15) is 9.59 Å². The molecule has 208 valence electrons. The fraction of sp³-hybridized carbons (Fsp3) is 0.533. The molecule has 8 heteroatoms. The fourth-order valence-corrected chi connectivity index (χ4v) is 5.58. The predicted octanol–water partition coefficient (Wildman–Crippen LogP) is 5.21. The van der Waals surface area contributed by atoms with Crippen molar-refractivity contribution in [2.24, 2.45) is 0 Å². The van der Waals surface area contributed by atoms with Crippen LogP contribution < -0.4 is 14.8 Å². The van der Waals surface area contributed by atoms with Gasteiger partial charge in [-0.3, -0.25) is 9.69 Å². The third-order valence-corrected chi connectivity index (χ3v) is 7.59. The fourth-order valence-electron chi connectivity index (χ4n) is 5.58. The van der Waals surface area contributed by atoms with Gasteiger partial charge in [-0.25, -0.2) is 4.79 Å². The van der Waals surface area contributed by atoms with Crippen LogP contribution in [0.2, 0.25) is 0 Å². The van der Waals surface area contributed by atoms with Crippen LogP contribution in [-0.2, 0) is 17.8 Å². The molecular formula is C30H44N4O4. The van der Waals surface area contributed by atoms with Gasteiger partial charge in [0.25, 0.3) is 5.91 Å². The van der Waals surface area contributed by atoms with E-state index in [-0.39, 0.29) is 11.9 Å². The van der Waals surface area contributed by atoms with E-state index in [4.69, 9.17) is 9.47 Å². The Morgan fingerprint density at radius 3 is 2.53 bits per heavy atom. The third kappa shape index (κ3) is 5.54. The van der Waals surface area contributed by atoms with E-state index in [2.05, 4.69) is 18.3 Å². The van der Waals surface area contributed by atoms with Crippen molar-refractivity contribution in [2.45, 2.75) is 72.4 Å². The minimum atomic E-state index is -0.506. The van der Waals surface area contributed by atoms with Crippen molar-refractivity contribution in [3.8, 4) is 11.5 Å².